The Bertz CT molecular complexity index is 370. The Balaban J connectivity index is 2.23. The second-order valence-electron chi connectivity index (χ2n) is 4.18. The van der Waals surface area contributed by atoms with Crippen molar-refractivity contribution in [1.29, 1.82) is 0 Å². The van der Waals surface area contributed by atoms with Gasteiger partial charge in [0.15, 0.2) is 0 Å². The molecule has 0 radical (unpaired) electrons. The molecule has 2 nitrogen and oxygen atoms in total. The van der Waals surface area contributed by atoms with Crippen molar-refractivity contribution in [1.82, 2.24) is 5.32 Å². The van der Waals surface area contributed by atoms with Crippen LogP contribution in [-0.4, -0.2) is 25.7 Å². The highest BCUT2D eigenvalue weighted by molar-refractivity contribution is 6.31. The first-order chi connectivity index (χ1) is 7.68. The van der Waals surface area contributed by atoms with E-state index < -0.39 is 0 Å². The molecule has 1 fully saturated rings. The van der Waals surface area contributed by atoms with E-state index in [1.54, 1.807) is 12.1 Å². The fraction of sp³-hybridized carbons (Fsp3) is 0.500. The van der Waals surface area contributed by atoms with Crippen LogP contribution in [-0.2, 0) is 0 Å². The van der Waals surface area contributed by atoms with E-state index in [1.807, 2.05) is 0 Å². The van der Waals surface area contributed by atoms with Gasteiger partial charge in [-0.2, -0.15) is 0 Å². The Morgan fingerprint density at radius 3 is 3.00 bits per heavy atom. The van der Waals surface area contributed by atoms with Gasteiger partial charge in [0, 0.05) is 24.8 Å². The summed E-state index contributed by atoms with van der Waals surface area (Å²) in [4.78, 5) is 2.27. The first-order valence-corrected chi connectivity index (χ1v) is 5.98. The lowest BCUT2D eigenvalue weighted by molar-refractivity contribution is 0.620. The Morgan fingerprint density at radius 2 is 2.25 bits per heavy atom. The lowest BCUT2D eigenvalue weighted by Crippen LogP contribution is -2.34. The quantitative estimate of drug-likeness (QED) is 0.815. The van der Waals surface area contributed by atoms with E-state index in [-0.39, 0.29) is 10.8 Å². The molecule has 16 heavy (non-hydrogen) atoms. The fourth-order valence-corrected chi connectivity index (χ4v) is 2.23. The summed E-state index contributed by atoms with van der Waals surface area (Å²) in [5.41, 5.74) is 1.00. The van der Waals surface area contributed by atoms with E-state index in [4.69, 9.17) is 11.6 Å². The molecule has 88 valence electrons. The number of nitrogens with zero attached hydrogens (tertiary/aromatic N) is 1. The summed E-state index contributed by atoms with van der Waals surface area (Å²) in [6.45, 7) is 5.11. The third-order valence-electron chi connectivity index (χ3n) is 3.04. The van der Waals surface area contributed by atoms with E-state index in [0.29, 0.717) is 6.04 Å². The highest BCUT2D eigenvalue weighted by Gasteiger charge is 2.17. The maximum atomic E-state index is 13.1. The van der Waals surface area contributed by atoms with Crippen LogP contribution < -0.4 is 10.2 Å². The molecule has 1 unspecified atom stereocenters. The maximum absolute atomic E-state index is 13.1. The predicted molar refractivity (Wildman–Crippen MR) is 65.7 cm³/mol. The zero-order chi connectivity index (χ0) is 11.5. The molecule has 0 amide bonds. The molecule has 0 bridgehead atoms. The number of hydrogen-bond donors (Lipinski definition) is 1. The average Bonchev–Trinajstić information content (AvgIpc) is 2.47. The van der Waals surface area contributed by atoms with Crippen molar-refractivity contribution in [2.75, 3.05) is 24.5 Å². The Kier molecular flexibility index (Phi) is 3.66. The molecule has 1 aliphatic rings. The molecule has 1 N–H and O–H groups in total. The molecule has 0 saturated carbocycles. The van der Waals surface area contributed by atoms with Crippen molar-refractivity contribution < 1.29 is 4.39 Å². The predicted octanol–water partition coefficient (Wildman–Crippen LogP) is 2.67. The van der Waals surface area contributed by atoms with Gasteiger partial charge in [-0.15, -0.1) is 0 Å². The standard InChI is InChI=1S/C12H16ClFN2/c1-9-4-5-15-6-7-16(9)10-2-3-12(14)11(13)8-10/h2-3,8-9,15H,4-7H2,1H3. The number of halogens is 2. The van der Waals surface area contributed by atoms with Crippen LogP contribution in [0.25, 0.3) is 0 Å². The van der Waals surface area contributed by atoms with Crippen LogP contribution in [0.4, 0.5) is 10.1 Å². The van der Waals surface area contributed by atoms with Crippen LogP contribution in [0.15, 0.2) is 18.2 Å². The number of hydrogen-bond acceptors (Lipinski definition) is 2. The van der Waals surface area contributed by atoms with Gasteiger partial charge < -0.3 is 10.2 Å². The molecule has 0 aliphatic carbocycles. The molecular weight excluding hydrogens is 227 g/mol. The lowest BCUT2D eigenvalue weighted by Gasteiger charge is -2.29. The van der Waals surface area contributed by atoms with Crippen LogP contribution >= 0.6 is 11.6 Å². The van der Waals surface area contributed by atoms with Gasteiger partial charge in [-0.25, -0.2) is 4.39 Å². The van der Waals surface area contributed by atoms with Crippen molar-refractivity contribution in [3.05, 3.63) is 29.0 Å². The molecule has 0 spiro atoms. The Hall–Kier alpha value is -0.800. The Morgan fingerprint density at radius 1 is 1.44 bits per heavy atom. The second-order valence-corrected chi connectivity index (χ2v) is 4.59. The van der Waals surface area contributed by atoms with Crippen molar-refractivity contribution in [3.8, 4) is 0 Å². The normalized spacial score (nSPS) is 21.9. The van der Waals surface area contributed by atoms with E-state index in [0.717, 1.165) is 31.7 Å². The molecule has 1 aliphatic heterocycles. The zero-order valence-electron chi connectivity index (χ0n) is 9.34. The highest BCUT2D eigenvalue weighted by Crippen LogP contribution is 2.25. The lowest BCUT2D eigenvalue weighted by atomic mass is 10.2. The van der Waals surface area contributed by atoms with E-state index in [1.165, 1.54) is 6.07 Å². The molecule has 4 heteroatoms. The van der Waals surface area contributed by atoms with E-state index in [9.17, 15) is 4.39 Å². The zero-order valence-corrected chi connectivity index (χ0v) is 10.1. The van der Waals surface area contributed by atoms with Crippen LogP contribution in [0, 0.1) is 5.82 Å². The Labute approximate surface area is 100 Å². The minimum Gasteiger partial charge on any atom is -0.367 e. The SMILES string of the molecule is CC1CCNCCN1c1ccc(F)c(Cl)c1. The maximum Gasteiger partial charge on any atom is 0.141 e. The number of benzene rings is 1. The summed E-state index contributed by atoms with van der Waals surface area (Å²) in [6, 6.07) is 5.39. The molecular formula is C12H16ClFN2. The summed E-state index contributed by atoms with van der Waals surface area (Å²) in [5, 5.41) is 3.55. The van der Waals surface area contributed by atoms with Crippen LogP contribution in [0.2, 0.25) is 5.02 Å². The van der Waals surface area contributed by atoms with Gasteiger partial charge in [0.1, 0.15) is 5.82 Å². The van der Waals surface area contributed by atoms with E-state index in [2.05, 4.69) is 17.1 Å². The van der Waals surface area contributed by atoms with Gasteiger partial charge in [0.2, 0.25) is 0 Å². The number of nitrogens with one attached hydrogen (secondary N) is 1. The van der Waals surface area contributed by atoms with Crippen LogP contribution in [0.3, 0.4) is 0 Å². The first-order valence-electron chi connectivity index (χ1n) is 5.61. The minimum absolute atomic E-state index is 0.196. The van der Waals surface area contributed by atoms with Crippen LogP contribution in [0.5, 0.6) is 0 Å². The van der Waals surface area contributed by atoms with Gasteiger partial charge in [-0.1, -0.05) is 11.6 Å². The summed E-state index contributed by atoms with van der Waals surface area (Å²) in [5.74, 6) is -0.356. The van der Waals surface area contributed by atoms with Crippen molar-refractivity contribution >= 4 is 17.3 Å². The number of rotatable bonds is 1. The third kappa shape index (κ3) is 2.47. The first kappa shape index (κ1) is 11.7. The molecule has 2 rings (SSSR count). The highest BCUT2D eigenvalue weighted by atomic mass is 35.5. The topological polar surface area (TPSA) is 15.3 Å². The molecule has 1 aromatic carbocycles. The third-order valence-corrected chi connectivity index (χ3v) is 3.32. The van der Waals surface area contributed by atoms with E-state index >= 15 is 0 Å². The molecule has 1 aromatic rings. The second kappa shape index (κ2) is 5.02. The van der Waals surface area contributed by atoms with Gasteiger partial charge in [0.05, 0.1) is 5.02 Å². The number of anilines is 1. The summed E-state index contributed by atoms with van der Waals surface area (Å²) in [6.07, 6.45) is 1.09. The molecule has 1 heterocycles. The van der Waals surface area contributed by atoms with Gasteiger partial charge in [0.25, 0.3) is 0 Å². The largest absolute Gasteiger partial charge is 0.367 e. The minimum atomic E-state index is -0.356. The van der Waals surface area contributed by atoms with Gasteiger partial charge in [-0.3, -0.25) is 0 Å². The van der Waals surface area contributed by atoms with Gasteiger partial charge in [-0.05, 0) is 38.1 Å². The molecule has 0 aromatic heterocycles. The summed E-state index contributed by atoms with van der Waals surface area (Å²) in [7, 11) is 0. The monoisotopic (exact) mass is 242 g/mol. The summed E-state index contributed by atoms with van der Waals surface area (Å²) >= 11 is 5.80. The fourth-order valence-electron chi connectivity index (χ4n) is 2.06. The van der Waals surface area contributed by atoms with Crippen molar-refractivity contribution in [3.63, 3.8) is 0 Å². The smallest absolute Gasteiger partial charge is 0.141 e. The van der Waals surface area contributed by atoms with Crippen molar-refractivity contribution in [2.24, 2.45) is 0 Å². The summed E-state index contributed by atoms with van der Waals surface area (Å²) < 4.78 is 13.1. The van der Waals surface area contributed by atoms with Crippen LogP contribution in [0.1, 0.15) is 13.3 Å². The average molecular weight is 243 g/mol. The van der Waals surface area contributed by atoms with Crippen molar-refractivity contribution in [2.45, 2.75) is 19.4 Å². The molecule has 1 atom stereocenters. The van der Waals surface area contributed by atoms with Gasteiger partial charge >= 0.3 is 0 Å². The molecule has 1 saturated heterocycles.